The first-order valence-electron chi connectivity index (χ1n) is 10.5. The molecular weight excluding hydrogens is 474 g/mol. The van der Waals surface area contributed by atoms with Gasteiger partial charge in [-0.3, -0.25) is 4.90 Å². The van der Waals surface area contributed by atoms with Crippen molar-refractivity contribution in [3.8, 4) is 5.88 Å². The van der Waals surface area contributed by atoms with Crippen LogP contribution in [0.5, 0.6) is 5.88 Å². The first kappa shape index (κ1) is 20.5. The Labute approximate surface area is 193 Å². The molecular formula is C23H24BrN5OS. The molecule has 0 radical (unpaired) electrons. The standard InChI is InChI=1S/C23H24BrN5OS/c1-2-19-25-23-29(26-19)22(30)21(31-23)20(16-7-6-8-17(24)15-16)28-13-11-27(12-14-28)18-9-4-3-5-10-18/h3-10,15,20,30H,2,11-14H2,1H3. The number of piperazine rings is 1. The Morgan fingerprint density at radius 1 is 1.06 bits per heavy atom. The summed E-state index contributed by atoms with van der Waals surface area (Å²) in [4.78, 5) is 11.1. The van der Waals surface area contributed by atoms with Crippen molar-refractivity contribution >= 4 is 37.9 Å². The molecule has 4 aromatic rings. The summed E-state index contributed by atoms with van der Waals surface area (Å²) in [6.45, 7) is 5.71. The summed E-state index contributed by atoms with van der Waals surface area (Å²) in [5, 5.41) is 15.6. The molecule has 0 aliphatic carbocycles. The highest BCUT2D eigenvalue weighted by Gasteiger charge is 2.32. The minimum absolute atomic E-state index is 0.0472. The second-order valence-electron chi connectivity index (χ2n) is 7.68. The van der Waals surface area contributed by atoms with Crippen molar-refractivity contribution in [3.63, 3.8) is 0 Å². The van der Waals surface area contributed by atoms with Gasteiger partial charge in [-0.25, -0.2) is 4.98 Å². The van der Waals surface area contributed by atoms with Crippen molar-refractivity contribution in [2.45, 2.75) is 19.4 Å². The zero-order valence-corrected chi connectivity index (χ0v) is 19.7. The first-order chi connectivity index (χ1) is 15.1. The molecule has 5 rings (SSSR count). The topological polar surface area (TPSA) is 56.9 Å². The van der Waals surface area contributed by atoms with E-state index in [1.54, 1.807) is 4.52 Å². The molecule has 1 fully saturated rings. The Hall–Kier alpha value is -2.42. The molecule has 3 heterocycles. The second kappa shape index (κ2) is 8.61. The molecule has 0 amide bonds. The van der Waals surface area contributed by atoms with E-state index >= 15 is 0 Å². The number of nitrogens with zero attached hydrogens (tertiary/aromatic N) is 5. The molecule has 1 N–H and O–H groups in total. The summed E-state index contributed by atoms with van der Waals surface area (Å²) >= 11 is 5.14. The van der Waals surface area contributed by atoms with E-state index in [-0.39, 0.29) is 11.9 Å². The van der Waals surface area contributed by atoms with Crippen molar-refractivity contribution in [2.75, 3.05) is 31.1 Å². The Morgan fingerprint density at radius 3 is 2.52 bits per heavy atom. The quantitative estimate of drug-likeness (QED) is 0.431. The third-order valence-electron chi connectivity index (χ3n) is 5.77. The maximum atomic E-state index is 11.1. The van der Waals surface area contributed by atoms with Crippen LogP contribution in [-0.2, 0) is 6.42 Å². The highest BCUT2D eigenvalue weighted by Crippen LogP contribution is 2.41. The monoisotopic (exact) mass is 497 g/mol. The first-order valence-corrected chi connectivity index (χ1v) is 12.1. The Bertz CT molecular complexity index is 1180. The average Bonchev–Trinajstić information content (AvgIpc) is 3.34. The number of para-hydroxylation sites is 1. The molecule has 0 bridgehead atoms. The van der Waals surface area contributed by atoms with Crippen molar-refractivity contribution < 1.29 is 5.11 Å². The predicted octanol–water partition coefficient (Wildman–Crippen LogP) is 4.73. The molecule has 1 aliphatic rings. The summed E-state index contributed by atoms with van der Waals surface area (Å²) in [5.74, 6) is 0.950. The van der Waals surface area contributed by atoms with Gasteiger partial charge in [0, 0.05) is 42.8 Å². The molecule has 1 saturated heterocycles. The van der Waals surface area contributed by atoms with E-state index in [2.05, 4.69) is 84.3 Å². The molecule has 31 heavy (non-hydrogen) atoms. The van der Waals surface area contributed by atoms with Gasteiger partial charge >= 0.3 is 0 Å². The number of hydrogen-bond acceptors (Lipinski definition) is 6. The number of aromatic hydroxyl groups is 1. The van der Waals surface area contributed by atoms with Gasteiger partial charge in [0.25, 0.3) is 0 Å². The Morgan fingerprint density at radius 2 is 1.84 bits per heavy atom. The van der Waals surface area contributed by atoms with Crippen LogP contribution >= 0.6 is 27.3 Å². The molecule has 1 atom stereocenters. The van der Waals surface area contributed by atoms with Gasteiger partial charge in [0.1, 0.15) is 0 Å². The van der Waals surface area contributed by atoms with Crippen LogP contribution in [0, 0.1) is 0 Å². The molecule has 8 heteroatoms. The van der Waals surface area contributed by atoms with E-state index in [1.807, 2.05) is 13.0 Å². The van der Waals surface area contributed by atoms with Gasteiger partial charge in [0.05, 0.1) is 10.9 Å². The smallest absolute Gasteiger partial charge is 0.230 e. The van der Waals surface area contributed by atoms with E-state index in [4.69, 9.17) is 0 Å². The Kier molecular flexibility index (Phi) is 5.69. The van der Waals surface area contributed by atoms with Crippen LogP contribution in [0.2, 0.25) is 0 Å². The zero-order valence-electron chi connectivity index (χ0n) is 17.3. The van der Waals surface area contributed by atoms with Crippen molar-refractivity contribution in [1.29, 1.82) is 0 Å². The fourth-order valence-electron chi connectivity index (χ4n) is 4.20. The second-order valence-corrected chi connectivity index (χ2v) is 9.61. The lowest BCUT2D eigenvalue weighted by Gasteiger charge is -2.40. The van der Waals surface area contributed by atoms with Crippen LogP contribution in [0.25, 0.3) is 4.96 Å². The van der Waals surface area contributed by atoms with Gasteiger partial charge in [-0.05, 0) is 29.8 Å². The van der Waals surface area contributed by atoms with Gasteiger partial charge in [0.15, 0.2) is 5.82 Å². The van der Waals surface area contributed by atoms with Gasteiger partial charge in [-0.15, -0.1) is 5.10 Å². The third-order valence-corrected chi connectivity index (χ3v) is 7.34. The lowest BCUT2D eigenvalue weighted by atomic mass is 10.0. The number of halogens is 1. The fourth-order valence-corrected chi connectivity index (χ4v) is 5.75. The van der Waals surface area contributed by atoms with Crippen LogP contribution < -0.4 is 4.90 Å². The predicted molar refractivity (Wildman–Crippen MR) is 128 cm³/mol. The van der Waals surface area contributed by atoms with Crippen LogP contribution in [0.1, 0.15) is 29.2 Å². The van der Waals surface area contributed by atoms with Gasteiger partial charge in [0.2, 0.25) is 10.8 Å². The number of fused-ring (bicyclic) bond motifs is 1. The highest BCUT2D eigenvalue weighted by atomic mass is 79.9. The molecule has 160 valence electrons. The van der Waals surface area contributed by atoms with Gasteiger partial charge in [-0.1, -0.05) is 64.5 Å². The number of rotatable bonds is 5. The minimum Gasteiger partial charge on any atom is -0.492 e. The lowest BCUT2D eigenvalue weighted by Crippen LogP contribution is -2.47. The minimum atomic E-state index is -0.0472. The number of thiazole rings is 1. The van der Waals surface area contributed by atoms with Crippen LogP contribution in [0.15, 0.2) is 59.1 Å². The molecule has 1 unspecified atom stereocenters. The van der Waals surface area contributed by atoms with Gasteiger partial charge < -0.3 is 10.0 Å². The number of anilines is 1. The average molecular weight is 498 g/mol. The van der Waals surface area contributed by atoms with E-state index in [1.165, 1.54) is 17.0 Å². The molecule has 1 aliphatic heterocycles. The molecule has 0 spiro atoms. The maximum Gasteiger partial charge on any atom is 0.230 e. The molecule has 2 aromatic carbocycles. The van der Waals surface area contributed by atoms with E-state index in [0.29, 0.717) is 0 Å². The summed E-state index contributed by atoms with van der Waals surface area (Å²) in [7, 11) is 0. The van der Waals surface area contributed by atoms with Gasteiger partial charge in [-0.2, -0.15) is 4.52 Å². The van der Waals surface area contributed by atoms with E-state index in [9.17, 15) is 5.11 Å². The number of aryl methyl sites for hydroxylation is 1. The molecule has 2 aromatic heterocycles. The highest BCUT2D eigenvalue weighted by molar-refractivity contribution is 9.10. The summed E-state index contributed by atoms with van der Waals surface area (Å²) in [6, 6.07) is 18.9. The normalized spacial score (nSPS) is 16.1. The zero-order chi connectivity index (χ0) is 21.4. The summed E-state index contributed by atoms with van der Waals surface area (Å²) < 4.78 is 2.62. The number of benzene rings is 2. The van der Waals surface area contributed by atoms with E-state index < -0.39 is 0 Å². The van der Waals surface area contributed by atoms with Crippen LogP contribution in [0.3, 0.4) is 0 Å². The lowest BCUT2D eigenvalue weighted by molar-refractivity contribution is 0.211. The largest absolute Gasteiger partial charge is 0.492 e. The fraction of sp³-hybridized carbons (Fsp3) is 0.304. The van der Waals surface area contributed by atoms with Crippen LogP contribution in [0.4, 0.5) is 5.69 Å². The van der Waals surface area contributed by atoms with E-state index in [0.717, 1.165) is 58.3 Å². The number of aromatic nitrogens is 3. The summed E-state index contributed by atoms with van der Waals surface area (Å²) in [5.41, 5.74) is 2.41. The van der Waals surface area contributed by atoms with Crippen molar-refractivity contribution in [3.05, 3.63) is 75.3 Å². The SMILES string of the molecule is CCc1nc2sc(C(c3cccc(Br)c3)N3CCN(c4ccccc4)CC3)c(O)n2n1. The third kappa shape index (κ3) is 3.95. The van der Waals surface area contributed by atoms with Crippen molar-refractivity contribution in [1.82, 2.24) is 19.5 Å². The number of hydrogen-bond donors (Lipinski definition) is 1. The van der Waals surface area contributed by atoms with Crippen molar-refractivity contribution in [2.24, 2.45) is 0 Å². The van der Waals surface area contributed by atoms with Crippen LogP contribution in [-0.4, -0.2) is 50.8 Å². The Balaban J connectivity index is 1.49. The maximum absolute atomic E-state index is 11.1. The molecule has 6 nitrogen and oxygen atoms in total. The molecule has 0 saturated carbocycles. The summed E-state index contributed by atoms with van der Waals surface area (Å²) in [6.07, 6.45) is 0.750.